The highest BCUT2D eigenvalue weighted by atomic mass is 16.5. The molecule has 4 atom stereocenters. The third-order valence-corrected chi connectivity index (χ3v) is 7.40. The molecule has 2 amide bonds. The summed E-state index contributed by atoms with van der Waals surface area (Å²) in [5.41, 5.74) is 2.24. The van der Waals surface area contributed by atoms with E-state index < -0.39 is 24.2 Å². The van der Waals surface area contributed by atoms with Crippen LogP contribution in [0.4, 0.5) is 0 Å². The van der Waals surface area contributed by atoms with E-state index in [1.807, 2.05) is 59.5 Å². The van der Waals surface area contributed by atoms with Crippen molar-refractivity contribution in [1.29, 1.82) is 0 Å². The topological polar surface area (TPSA) is 99.1 Å². The van der Waals surface area contributed by atoms with Crippen LogP contribution >= 0.6 is 0 Å². The summed E-state index contributed by atoms with van der Waals surface area (Å²) in [6.07, 6.45) is 4.15. The predicted molar refractivity (Wildman–Crippen MR) is 131 cm³/mol. The molecule has 3 aliphatic rings. The van der Waals surface area contributed by atoms with Gasteiger partial charge in [-0.05, 0) is 30.5 Å². The summed E-state index contributed by atoms with van der Waals surface area (Å²) >= 11 is 0. The Morgan fingerprint density at radius 2 is 1.74 bits per heavy atom. The molecule has 184 valence electrons. The lowest BCUT2D eigenvalue weighted by Crippen LogP contribution is -2.58. The molecule has 2 aromatic rings. The summed E-state index contributed by atoms with van der Waals surface area (Å²) < 4.78 is 6.19. The van der Waals surface area contributed by atoms with Crippen molar-refractivity contribution in [2.24, 2.45) is 0 Å². The van der Waals surface area contributed by atoms with Gasteiger partial charge < -0.3 is 25.2 Å². The molecule has 1 aliphatic heterocycles. The third kappa shape index (κ3) is 4.58. The maximum atomic E-state index is 13.7. The standard InChI is InChI=1S/C28H32N2O5/c31-15-14-29-28(34)21-17-22(26(33)27-25(21)20-12-6-7-13-23(20)35-27)30(19-10-4-5-11-19)24(32)16-18-8-2-1-3-9-18/h1-3,6-9,12-13,17,19,22,25-27,31,33H,4-5,10-11,14-16H2,(H,29,34)/t22-,25+,26+,27+/m1/s1. The number of amides is 2. The van der Waals surface area contributed by atoms with Gasteiger partial charge in [-0.2, -0.15) is 0 Å². The van der Waals surface area contributed by atoms with Gasteiger partial charge in [0.1, 0.15) is 18.0 Å². The zero-order chi connectivity index (χ0) is 24.4. The van der Waals surface area contributed by atoms with Crippen molar-refractivity contribution >= 4 is 11.8 Å². The van der Waals surface area contributed by atoms with Gasteiger partial charge in [0.25, 0.3) is 0 Å². The quantitative estimate of drug-likeness (QED) is 0.570. The molecule has 7 heteroatoms. The number of ether oxygens (including phenoxy) is 1. The fourth-order valence-corrected chi connectivity index (χ4v) is 5.82. The number of aliphatic hydroxyl groups is 2. The first kappa shape index (κ1) is 23.6. The lowest BCUT2D eigenvalue weighted by Gasteiger charge is -2.43. The molecule has 1 saturated carbocycles. The van der Waals surface area contributed by atoms with E-state index >= 15 is 0 Å². The molecule has 1 heterocycles. The summed E-state index contributed by atoms with van der Waals surface area (Å²) in [5.74, 6) is -0.169. The molecule has 1 fully saturated rings. The van der Waals surface area contributed by atoms with Crippen LogP contribution in [-0.2, 0) is 16.0 Å². The Kier molecular flexibility index (Phi) is 6.88. The summed E-state index contributed by atoms with van der Waals surface area (Å²) in [4.78, 5) is 28.8. The lowest BCUT2D eigenvalue weighted by molar-refractivity contribution is -0.139. The molecule has 7 nitrogen and oxygen atoms in total. The van der Waals surface area contributed by atoms with Gasteiger partial charge in [-0.1, -0.05) is 61.4 Å². The summed E-state index contributed by atoms with van der Waals surface area (Å²) in [5, 5.41) is 23.6. The van der Waals surface area contributed by atoms with E-state index in [-0.39, 0.29) is 37.4 Å². The molecule has 0 saturated heterocycles. The van der Waals surface area contributed by atoms with Gasteiger partial charge in [0.2, 0.25) is 11.8 Å². The van der Waals surface area contributed by atoms with Gasteiger partial charge in [-0.15, -0.1) is 0 Å². The van der Waals surface area contributed by atoms with Crippen LogP contribution in [0.25, 0.3) is 0 Å². The predicted octanol–water partition coefficient (Wildman–Crippen LogP) is 2.32. The van der Waals surface area contributed by atoms with Crippen molar-refractivity contribution in [3.05, 3.63) is 77.4 Å². The zero-order valence-electron chi connectivity index (χ0n) is 19.7. The molecule has 0 unspecified atom stereocenters. The molecule has 35 heavy (non-hydrogen) atoms. The highest BCUT2D eigenvalue weighted by molar-refractivity contribution is 5.96. The Morgan fingerprint density at radius 3 is 2.49 bits per heavy atom. The molecule has 5 rings (SSSR count). The summed E-state index contributed by atoms with van der Waals surface area (Å²) in [6.45, 7) is -0.0431. The molecule has 0 spiro atoms. The summed E-state index contributed by atoms with van der Waals surface area (Å²) in [7, 11) is 0. The second kappa shape index (κ2) is 10.2. The van der Waals surface area contributed by atoms with Crippen molar-refractivity contribution in [2.45, 2.75) is 62.3 Å². The second-order valence-electron chi connectivity index (χ2n) is 9.58. The Hall–Kier alpha value is -3.16. The highest BCUT2D eigenvalue weighted by Gasteiger charge is 2.51. The Labute approximate surface area is 205 Å². The number of hydrogen-bond donors (Lipinski definition) is 3. The van der Waals surface area contributed by atoms with Gasteiger partial charge in [-0.25, -0.2) is 0 Å². The molecule has 0 radical (unpaired) electrons. The Morgan fingerprint density at radius 1 is 1.03 bits per heavy atom. The SMILES string of the molecule is O=C(NCCO)C1=C[C@@H](N(C(=O)Cc2ccccc2)C2CCCC2)[C@H](O)[C@H]2Oc3ccccc3[C@@H]12. The number of nitrogens with zero attached hydrogens (tertiary/aromatic N) is 1. The van der Waals surface area contributed by atoms with Crippen LogP contribution in [-0.4, -0.2) is 64.4 Å². The van der Waals surface area contributed by atoms with Gasteiger partial charge in [0.15, 0.2) is 0 Å². The van der Waals surface area contributed by atoms with E-state index in [1.54, 1.807) is 6.08 Å². The van der Waals surface area contributed by atoms with Gasteiger partial charge in [0, 0.05) is 23.7 Å². The molecule has 0 bridgehead atoms. The normalized spacial score (nSPS) is 25.3. The molecule has 2 aliphatic carbocycles. The summed E-state index contributed by atoms with van der Waals surface area (Å²) in [6, 6.07) is 16.4. The van der Waals surface area contributed by atoms with Crippen LogP contribution in [0.15, 0.2) is 66.2 Å². The van der Waals surface area contributed by atoms with Crippen LogP contribution in [0.3, 0.4) is 0 Å². The number of para-hydroxylation sites is 1. The monoisotopic (exact) mass is 476 g/mol. The van der Waals surface area contributed by atoms with E-state index in [2.05, 4.69) is 5.32 Å². The second-order valence-corrected chi connectivity index (χ2v) is 9.58. The minimum Gasteiger partial charge on any atom is -0.486 e. The van der Waals surface area contributed by atoms with Crippen molar-refractivity contribution in [1.82, 2.24) is 10.2 Å². The lowest BCUT2D eigenvalue weighted by atomic mass is 9.77. The minimum absolute atomic E-state index is 0.00388. The number of nitrogens with one attached hydrogen (secondary N) is 1. The third-order valence-electron chi connectivity index (χ3n) is 7.40. The van der Waals surface area contributed by atoms with Gasteiger partial charge in [0.05, 0.1) is 25.0 Å². The number of aliphatic hydroxyl groups excluding tert-OH is 2. The van der Waals surface area contributed by atoms with Crippen LogP contribution in [0.5, 0.6) is 5.75 Å². The van der Waals surface area contributed by atoms with E-state index in [0.717, 1.165) is 36.8 Å². The van der Waals surface area contributed by atoms with Crippen molar-refractivity contribution in [2.75, 3.05) is 13.2 Å². The van der Waals surface area contributed by atoms with E-state index in [4.69, 9.17) is 4.74 Å². The number of fused-ring (bicyclic) bond motifs is 3. The molecule has 2 aromatic carbocycles. The van der Waals surface area contributed by atoms with Crippen LogP contribution in [0.1, 0.15) is 42.7 Å². The van der Waals surface area contributed by atoms with Crippen LogP contribution in [0, 0.1) is 0 Å². The maximum Gasteiger partial charge on any atom is 0.247 e. The van der Waals surface area contributed by atoms with Crippen LogP contribution in [0.2, 0.25) is 0 Å². The maximum absolute atomic E-state index is 13.7. The number of rotatable bonds is 7. The fraction of sp³-hybridized carbons (Fsp3) is 0.429. The average Bonchev–Trinajstić information content (AvgIpc) is 3.53. The number of hydrogen-bond acceptors (Lipinski definition) is 5. The van der Waals surface area contributed by atoms with E-state index in [9.17, 15) is 19.8 Å². The van der Waals surface area contributed by atoms with Gasteiger partial charge >= 0.3 is 0 Å². The number of carbonyl (C=O) groups excluding carboxylic acids is 2. The zero-order valence-corrected chi connectivity index (χ0v) is 19.7. The largest absolute Gasteiger partial charge is 0.486 e. The number of benzene rings is 2. The highest BCUT2D eigenvalue weighted by Crippen LogP contribution is 2.47. The molecule has 0 aromatic heterocycles. The number of carbonyl (C=O) groups is 2. The average molecular weight is 477 g/mol. The first-order chi connectivity index (χ1) is 17.1. The minimum atomic E-state index is -0.984. The van der Waals surface area contributed by atoms with Crippen LogP contribution < -0.4 is 10.1 Å². The van der Waals surface area contributed by atoms with Gasteiger partial charge in [-0.3, -0.25) is 9.59 Å². The fourth-order valence-electron chi connectivity index (χ4n) is 5.82. The molecule has 3 N–H and O–H groups in total. The van der Waals surface area contributed by atoms with Crippen molar-refractivity contribution in [3.63, 3.8) is 0 Å². The first-order valence-corrected chi connectivity index (χ1v) is 12.5. The Bertz CT molecular complexity index is 1100. The van der Waals surface area contributed by atoms with Crippen molar-refractivity contribution in [3.8, 4) is 5.75 Å². The van der Waals surface area contributed by atoms with Crippen molar-refractivity contribution < 1.29 is 24.5 Å². The van der Waals surface area contributed by atoms with E-state index in [0.29, 0.717) is 11.3 Å². The molecular formula is C28H32N2O5. The smallest absolute Gasteiger partial charge is 0.247 e. The van der Waals surface area contributed by atoms with E-state index in [1.165, 1.54) is 0 Å². The first-order valence-electron chi connectivity index (χ1n) is 12.5. The molecular weight excluding hydrogens is 444 g/mol. The Balaban J connectivity index is 1.53.